The molecule has 0 saturated carbocycles. The van der Waals surface area contributed by atoms with Gasteiger partial charge in [0.25, 0.3) is 0 Å². The van der Waals surface area contributed by atoms with Crippen molar-refractivity contribution < 1.29 is 22.3 Å². The highest BCUT2D eigenvalue weighted by Gasteiger charge is 2.16. The summed E-state index contributed by atoms with van der Waals surface area (Å²) in [5, 5.41) is 0. The van der Waals surface area contributed by atoms with Gasteiger partial charge in [0.15, 0.2) is 11.6 Å². The second-order valence-corrected chi connectivity index (χ2v) is 7.98. The molecule has 8 heteroatoms. The molecule has 0 radical (unpaired) electrons. The SMILES string of the molecule is COc1ccc(S(=O)(=O)NCCc2ccc(N3CCOCC3)cc2)cc1F. The van der Waals surface area contributed by atoms with E-state index in [1.54, 1.807) is 0 Å². The number of nitrogens with zero attached hydrogens (tertiary/aromatic N) is 1. The van der Waals surface area contributed by atoms with E-state index in [-0.39, 0.29) is 17.2 Å². The summed E-state index contributed by atoms with van der Waals surface area (Å²) in [5.41, 5.74) is 2.16. The summed E-state index contributed by atoms with van der Waals surface area (Å²) in [6.07, 6.45) is 0.543. The van der Waals surface area contributed by atoms with Crippen LogP contribution in [-0.4, -0.2) is 48.4 Å². The lowest BCUT2D eigenvalue weighted by atomic mass is 10.1. The van der Waals surface area contributed by atoms with Crippen molar-refractivity contribution in [2.24, 2.45) is 0 Å². The third kappa shape index (κ3) is 4.97. The predicted molar refractivity (Wildman–Crippen MR) is 101 cm³/mol. The first-order valence-corrected chi connectivity index (χ1v) is 10.2. The van der Waals surface area contributed by atoms with E-state index >= 15 is 0 Å². The molecule has 0 bridgehead atoms. The lowest BCUT2D eigenvalue weighted by molar-refractivity contribution is 0.122. The van der Waals surface area contributed by atoms with E-state index in [1.807, 2.05) is 24.3 Å². The second-order valence-electron chi connectivity index (χ2n) is 6.21. The van der Waals surface area contributed by atoms with E-state index in [4.69, 9.17) is 9.47 Å². The van der Waals surface area contributed by atoms with Gasteiger partial charge in [0.2, 0.25) is 10.0 Å². The Morgan fingerprint density at radius 2 is 1.85 bits per heavy atom. The second kappa shape index (κ2) is 8.69. The third-order valence-electron chi connectivity index (χ3n) is 4.45. The molecule has 0 amide bonds. The predicted octanol–water partition coefficient (Wildman–Crippen LogP) is 2.19. The van der Waals surface area contributed by atoms with Crippen molar-refractivity contribution in [2.45, 2.75) is 11.3 Å². The minimum absolute atomic E-state index is 0.00862. The summed E-state index contributed by atoms with van der Waals surface area (Å²) in [6.45, 7) is 3.44. The van der Waals surface area contributed by atoms with Gasteiger partial charge in [-0.15, -0.1) is 0 Å². The summed E-state index contributed by atoms with van der Waals surface area (Å²) in [6, 6.07) is 11.6. The fourth-order valence-electron chi connectivity index (χ4n) is 2.92. The standard InChI is InChI=1S/C19H23FN2O4S/c1-25-19-7-6-17(14-18(19)20)27(23,24)21-9-8-15-2-4-16(5-3-15)22-10-12-26-13-11-22/h2-7,14,21H,8-13H2,1H3. The van der Waals surface area contributed by atoms with E-state index in [0.717, 1.165) is 43.6 Å². The van der Waals surface area contributed by atoms with Gasteiger partial charge in [-0.2, -0.15) is 0 Å². The molecule has 0 unspecified atom stereocenters. The molecule has 1 N–H and O–H groups in total. The van der Waals surface area contributed by atoms with Gasteiger partial charge in [-0.1, -0.05) is 12.1 Å². The maximum Gasteiger partial charge on any atom is 0.240 e. The molecule has 0 spiro atoms. The fraction of sp³-hybridized carbons (Fsp3) is 0.368. The van der Waals surface area contributed by atoms with E-state index in [1.165, 1.54) is 19.2 Å². The van der Waals surface area contributed by atoms with Crippen LogP contribution in [-0.2, 0) is 21.2 Å². The van der Waals surface area contributed by atoms with E-state index in [9.17, 15) is 12.8 Å². The first-order valence-electron chi connectivity index (χ1n) is 8.74. The number of halogens is 1. The number of hydrogen-bond donors (Lipinski definition) is 1. The van der Waals surface area contributed by atoms with Crippen LogP contribution in [0.3, 0.4) is 0 Å². The molecule has 1 saturated heterocycles. The normalized spacial score (nSPS) is 15.0. The number of benzene rings is 2. The fourth-order valence-corrected chi connectivity index (χ4v) is 3.97. The molecular weight excluding hydrogens is 371 g/mol. The van der Waals surface area contributed by atoms with Gasteiger partial charge < -0.3 is 14.4 Å². The summed E-state index contributed by atoms with van der Waals surface area (Å²) in [7, 11) is -2.44. The van der Waals surface area contributed by atoms with Crippen LogP contribution in [0.4, 0.5) is 10.1 Å². The van der Waals surface area contributed by atoms with Crippen LogP contribution in [0.1, 0.15) is 5.56 Å². The topological polar surface area (TPSA) is 67.9 Å². The van der Waals surface area contributed by atoms with E-state index in [0.29, 0.717) is 6.42 Å². The van der Waals surface area contributed by atoms with Gasteiger partial charge in [-0.25, -0.2) is 17.5 Å². The number of methoxy groups -OCH3 is 1. The van der Waals surface area contributed by atoms with Crippen LogP contribution < -0.4 is 14.4 Å². The Bertz CT molecular complexity index is 866. The molecule has 146 valence electrons. The summed E-state index contributed by atoms with van der Waals surface area (Å²) in [4.78, 5) is 2.14. The molecule has 27 heavy (non-hydrogen) atoms. The monoisotopic (exact) mass is 394 g/mol. The van der Waals surface area contributed by atoms with Gasteiger partial charge in [-0.05, 0) is 42.3 Å². The number of hydrogen-bond acceptors (Lipinski definition) is 5. The van der Waals surface area contributed by atoms with Gasteiger partial charge in [0.1, 0.15) is 0 Å². The molecular formula is C19H23FN2O4S. The highest BCUT2D eigenvalue weighted by Crippen LogP contribution is 2.21. The van der Waals surface area contributed by atoms with Crippen molar-refractivity contribution in [1.82, 2.24) is 4.72 Å². The number of morpholine rings is 1. The van der Waals surface area contributed by atoms with Crippen molar-refractivity contribution in [3.05, 3.63) is 53.8 Å². The molecule has 0 aliphatic carbocycles. The van der Waals surface area contributed by atoms with E-state index < -0.39 is 15.8 Å². The molecule has 2 aromatic rings. The Balaban J connectivity index is 1.56. The molecule has 0 atom stereocenters. The summed E-state index contributed by atoms with van der Waals surface area (Å²) < 4.78 is 51.0. The van der Waals surface area contributed by atoms with Crippen LogP contribution in [0.15, 0.2) is 47.4 Å². The first-order chi connectivity index (χ1) is 13.0. The lowest BCUT2D eigenvalue weighted by Crippen LogP contribution is -2.36. The van der Waals surface area contributed by atoms with Crippen molar-refractivity contribution in [3.8, 4) is 5.75 Å². The average molecular weight is 394 g/mol. The van der Waals surface area contributed by atoms with Gasteiger partial charge in [-0.3, -0.25) is 0 Å². The summed E-state index contributed by atoms with van der Waals surface area (Å²) in [5.74, 6) is -0.701. The van der Waals surface area contributed by atoms with Crippen LogP contribution in [0.5, 0.6) is 5.75 Å². The maximum absolute atomic E-state index is 13.7. The molecule has 2 aromatic carbocycles. The highest BCUT2D eigenvalue weighted by molar-refractivity contribution is 7.89. The van der Waals surface area contributed by atoms with Crippen LogP contribution in [0.2, 0.25) is 0 Å². The average Bonchev–Trinajstić information content (AvgIpc) is 2.69. The Morgan fingerprint density at radius 1 is 1.15 bits per heavy atom. The Hall–Kier alpha value is -2.16. The molecule has 1 aliphatic rings. The van der Waals surface area contributed by atoms with Gasteiger partial charge >= 0.3 is 0 Å². The minimum atomic E-state index is -3.77. The Kier molecular flexibility index (Phi) is 6.30. The molecule has 3 rings (SSSR count). The van der Waals surface area contributed by atoms with Crippen molar-refractivity contribution in [2.75, 3.05) is 44.9 Å². The smallest absolute Gasteiger partial charge is 0.240 e. The van der Waals surface area contributed by atoms with Crippen LogP contribution in [0, 0.1) is 5.82 Å². The largest absolute Gasteiger partial charge is 0.494 e. The third-order valence-corrected chi connectivity index (χ3v) is 5.91. The molecule has 6 nitrogen and oxygen atoms in total. The number of ether oxygens (including phenoxy) is 2. The zero-order chi connectivity index (χ0) is 19.3. The summed E-state index contributed by atoms with van der Waals surface area (Å²) >= 11 is 0. The quantitative estimate of drug-likeness (QED) is 0.780. The molecule has 0 aromatic heterocycles. The van der Waals surface area contributed by atoms with Crippen molar-refractivity contribution >= 4 is 15.7 Å². The zero-order valence-electron chi connectivity index (χ0n) is 15.2. The molecule has 1 aliphatic heterocycles. The van der Waals surface area contributed by atoms with Gasteiger partial charge in [0, 0.05) is 25.3 Å². The lowest BCUT2D eigenvalue weighted by Gasteiger charge is -2.28. The number of sulfonamides is 1. The number of nitrogens with one attached hydrogen (secondary N) is 1. The number of rotatable bonds is 7. The maximum atomic E-state index is 13.7. The van der Waals surface area contributed by atoms with Crippen LogP contribution >= 0.6 is 0 Å². The Labute approximate surface area is 159 Å². The van der Waals surface area contributed by atoms with Gasteiger partial charge in [0.05, 0.1) is 25.2 Å². The van der Waals surface area contributed by atoms with Crippen molar-refractivity contribution in [3.63, 3.8) is 0 Å². The van der Waals surface area contributed by atoms with E-state index in [2.05, 4.69) is 9.62 Å². The number of anilines is 1. The van der Waals surface area contributed by atoms with Crippen molar-refractivity contribution in [1.29, 1.82) is 0 Å². The zero-order valence-corrected chi connectivity index (χ0v) is 16.0. The molecule has 1 heterocycles. The Morgan fingerprint density at radius 3 is 2.48 bits per heavy atom. The first kappa shape index (κ1) is 19.6. The van der Waals surface area contributed by atoms with Crippen LogP contribution in [0.25, 0.3) is 0 Å². The highest BCUT2D eigenvalue weighted by atomic mass is 32.2. The molecule has 1 fully saturated rings. The minimum Gasteiger partial charge on any atom is -0.494 e.